The second-order valence-corrected chi connectivity index (χ2v) is 8.93. The summed E-state index contributed by atoms with van der Waals surface area (Å²) in [5.74, 6) is -0.355. The molecular formula is C30H24N2O2. The summed E-state index contributed by atoms with van der Waals surface area (Å²) in [5.41, 5.74) is 10.4. The van der Waals surface area contributed by atoms with Gasteiger partial charge in [-0.2, -0.15) is 0 Å². The standard InChI is InChI=1S/C30H24N2O2/c1-19(33)31-18-29(34)32(22-14-15-24-21(17-22)16-20-8-2-3-9-23(20)24)30-27-12-6-4-10-25(27)26-11-5-7-13-28(26)30/h2-15,17,30H,16,18H2,1H3,(H,31,33). The van der Waals surface area contributed by atoms with Gasteiger partial charge in [-0.05, 0) is 63.1 Å². The summed E-state index contributed by atoms with van der Waals surface area (Å²) in [6, 6.07) is 31.1. The first-order chi connectivity index (χ1) is 16.6. The average Bonchev–Trinajstić information content (AvgIpc) is 3.39. The predicted molar refractivity (Wildman–Crippen MR) is 135 cm³/mol. The van der Waals surface area contributed by atoms with Gasteiger partial charge in [0.1, 0.15) is 0 Å². The van der Waals surface area contributed by atoms with E-state index < -0.39 is 0 Å². The Morgan fingerprint density at radius 1 is 0.765 bits per heavy atom. The molecule has 4 nitrogen and oxygen atoms in total. The summed E-state index contributed by atoms with van der Waals surface area (Å²) in [7, 11) is 0. The van der Waals surface area contributed by atoms with Gasteiger partial charge >= 0.3 is 0 Å². The maximum atomic E-state index is 13.7. The number of carbonyl (C=O) groups excluding carboxylic acids is 2. The van der Waals surface area contributed by atoms with Gasteiger partial charge in [0, 0.05) is 12.6 Å². The number of amides is 2. The zero-order valence-corrected chi connectivity index (χ0v) is 18.9. The molecule has 0 saturated carbocycles. The molecule has 4 aromatic rings. The highest BCUT2D eigenvalue weighted by Crippen LogP contribution is 2.48. The van der Waals surface area contributed by atoms with Crippen LogP contribution in [0.15, 0.2) is 91.0 Å². The molecule has 0 saturated heterocycles. The summed E-state index contributed by atoms with van der Waals surface area (Å²) < 4.78 is 0. The molecule has 34 heavy (non-hydrogen) atoms. The monoisotopic (exact) mass is 444 g/mol. The van der Waals surface area contributed by atoms with Gasteiger partial charge in [-0.25, -0.2) is 0 Å². The zero-order valence-electron chi connectivity index (χ0n) is 18.9. The first-order valence-electron chi connectivity index (χ1n) is 11.6. The van der Waals surface area contributed by atoms with Gasteiger partial charge in [0.25, 0.3) is 0 Å². The summed E-state index contributed by atoms with van der Waals surface area (Å²) in [6.45, 7) is 1.39. The van der Waals surface area contributed by atoms with Crippen LogP contribution < -0.4 is 10.2 Å². The molecule has 0 radical (unpaired) electrons. The van der Waals surface area contributed by atoms with E-state index in [2.05, 4.69) is 66.0 Å². The predicted octanol–water partition coefficient (Wildman–Crippen LogP) is 5.50. The number of hydrogen-bond donors (Lipinski definition) is 1. The van der Waals surface area contributed by atoms with E-state index in [-0.39, 0.29) is 24.4 Å². The largest absolute Gasteiger partial charge is 0.347 e. The number of nitrogens with zero attached hydrogens (tertiary/aromatic N) is 1. The second-order valence-electron chi connectivity index (χ2n) is 8.93. The fourth-order valence-electron chi connectivity index (χ4n) is 5.41. The Kier molecular flexibility index (Phi) is 4.80. The number of fused-ring (bicyclic) bond motifs is 6. The molecule has 1 N–H and O–H groups in total. The average molecular weight is 445 g/mol. The number of hydrogen-bond acceptors (Lipinski definition) is 2. The molecular weight excluding hydrogens is 420 g/mol. The number of nitrogens with one attached hydrogen (secondary N) is 1. The van der Waals surface area contributed by atoms with Crippen molar-refractivity contribution >= 4 is 17.5 Å². The fourth-order valence-corrected chi connectivity index (χ4v) is 5.41. The lowest BCUT2D eigenvalue weighted by Crippen LogP contribution is -2.41. The summed E-state index contributed by atoms with van der Waals surface area (Å²) >= 11 is 0. The van der Waals surface area contributed by atoms with Crippen molar-refractivity contribution in [2.75, 3.05) is 11.4 Å². The van der Waals surface area contributed by atoms with Crippen LogP contribution in [0.3, 0.4) is 0 Å². The van der Waals surface area contributed by atoms with Crippen molar-refractivity contribution in [2.45, 2.75) is 19.4 Å². The van der Waals surface area contributed by atoms with Crippen LogP contribution in [0.4, 0.5) is 5.69 Å². The first-order valence-corrected chi connectivity index (χ1v) is 11.6. The Balaban J connectivity index is 1.49. The second kappa shape index (κ2) is 7.99. The molecule has 0 bridgehead atoms. The number of rotatable bonds is 4. The minimum absolute atomic E-state index is 0.0481. The van der Waals surface area contributed by atoms with Gasteiger partial charge in [0.05, 0.1) is 12.6 Å². The Labute approximate surface area is 198 Å². The maximum Gasteiger partial charge on any atom is 0.247 e. The molecule has 2 aliphatic carbocycles. The Hall–Kier alpha value is -4.18. The lowest BCUT2D eigenvalue weighted by atomic mass is 10.0. The van der Waals surface area contributed by atoms with Crippen LogP contribution in [0.2, 0.25) is 0 Å². The van der Waals surface area contributed by atoms with Gasteiger partial charge in [0.15, 0.2) is 0 Å². The van der Waals surface area contributed by atoms with E-state index >= 15 is 0 Å². The molecule has 0 fully saturated rings. The highest BCUT2D eigenvalue weighted by Gasteiger charge is 2.36. The van der Waals surface area contributed by atoms with E-state index in [1.165, 1.54) is 29.2 Å². The van der Waals surface area contributed by atoms with Crippen LogP contribution in [-0.4, -0.2) is 18.4 Å². The van der Waals surface area contributed by atoms with Gasteiger partial charge in [-0.3, -0.25) is 14.5 Å². The topological polar surface area (TPSA) is 49.4 Å². The van der Waals surface area contributed by atoms with Crippen LogP contribution in [0, 0.1) is 0 Å². The zero-order chi connectivity index (χ0) is 23.2. The summed E-state index contributed by atoms with van der Waals surface area (Å²) in [5, 5.41) is 2.70. The smallest absolute Gasteiger partial charge is 0.247 e. The molecule has 0 heterocycles. The van der Waals surface area contributed by atoms with Crippen molar-refractivity contribution in [3.8, 4) is 22.3 Å². The normalized spacial score (nSPS) is 13.0. The lowest BCUT2D eigenvalue weighted by Gasteiger charge is -2.31. The van der Waals surface area contributed by atoms with Gasteiger partial charge in [-0.15, -0.1) is 0 Å². The van der Waals surface area contributed by atoms with Crippen LogP contribution in [0.1, 0.15) is 35.2 Å². The van der Waals surface area contributed by atoms with Crippen molar-refractivity contribution in [1.82, 2.24) is 5.32 Å². The molecule has 6 rings (SSSR count). The minimum Gasteiger partial charge on any atom is -0.347 e. The van der Waals surface area contributed by atoms with Gasteiger partial charge in [-0.1, -0.05) is 78.9 Å². The number of anilines is 1. The third-order valence-electron chi connectivity index (χ3n) is 6.87. The van der Waals surface area contributed by atoms with Crippen molar-refractivity contribution in [1.29, 1.82) is 0 Å². The molecule has 0 atom stereocenters. The molecule has 0 spiro atoms. The van der Waals surface area contributed by atoms with E-state index in [1.54, 1.807) is 0 Å². The van der Waals surface area contributed by atoms with E-state index in [9.17, 15) is 9.59 Å². The molecule has 2 aliphatic rings. The number of carbonyl (C=O) groups is 2. The van der Waals surface area contributed by atoms with Gasteiger partial charge < -0.3 is 5.32 Å². The van der Waals surface area contributed by atoms with Crippen LogP contribution in [0.5, 0.6) is 0 Å². The minimum atomic E-state index is -0.254. The van der Waals surface area contributed by atoms with E-state index in [4.69, 9.17) is 0 Å². The molecule has 4 aromatic carbocycles. The SMILES string of the molecule is CC(=O)NCC(=O)N(c1ccc2c(c1)Cc1ccccc1-2)C1c2ccccc2-c2ccccc21. The Bertz CT molecular complexity index is 1410. The summed E-state index contributed by atoms with van der Waals surface area (Å²) in [4.78, 5) is 27.2. The lowest BCUT2D eigenvalue weighted by molar-refractivity contribution is -0.123. The molecule has 166 valence electrons. The van der Waals surface area contributed by atoms with Crippen molar-refractivity contribution in [2.24, 2.45) is 0 Å². The van der Waals surface area contributed by atoms with Crippen molar-refractivity contribution in [3.63, 3.8) is 0 Å². The Morgan fingerprint density at radius 3 is 2.03 bits per heavy atom. The van der Waals surface area contributed by atoms with Gasteiger partial charge in [0.2, 0.25) is 11.8 Å². The van der Waals surface area contributed by atoms with Crippen LogP contribution >= 0.6 is 0 Å². The van der Waals surface area contributed by atoms with Crippen molar-refractivity contribution in [3.05, 3.63) is 113 Å². The van der Waals surface area contributed by atoms with E-state index in [0.29, 0.717) is 0 Å². The van der Waals surface area contributed by atoms with E-state index in [1.807, 2.05) is 35.2 Å². The third-order valence-corrected chi connectivity index (χ3v) is 6.87. The number of benzene rings is 4. The fraction of sp³-hybridized carbons (Fsp3) is 0.133. The molecule has 0 aromatic heterocycles. The molecule has 0 unspecified atom stereocenters. The van der Waals surface area contributed by atoms with Crippen LogP contribution in [0.25, 0.3) is 22.3 Å². The molecule has 2 amide bonds. The maximum absolute atomic E-state index is 13.7. The third kappa shape index (κ3) is 3.22. The van der Waals surface area contributed by atoms with Crippen LogP contribution in [-0.2, 0) is 16.0 Å². The summed E-state index contributed by atoms with van der Waals surface area (Å²) in [6.07, 6.45) is 0.852. The van der Waals surface area contributed by atoms with Crippen molar-refractivity contribution < 1.29 is 9.59 Å². The highest BCUT2D eigenvalue weighted by atomic mass is 16.2. The quantitative estimate of drug-likeness (QED) is 0.398. The van der Waals surface area contributed by atoms with E-state index in [0.717, 1.165) is 34.4 Å². The first kappa shape index (κ1) is 20.4. The molecule has 4 heteroatoms. The molecule has 0 aliphatic heterocycles. The Morgan fingerprint density at radius 2 is 1.35 bits per heavy atom. The highest BCUT2D eigenvalue weighted by molar-refractivity contribution is 6.00.